The summed E-state index contributed by atoms with van der Waals surface area (Å²) in [7, 11) is 3.32. The van der Waals surface area contributed by atoms with Crippen LogP contribution in [0.4, 0.5) is 0 Å². The number of ether oxygens (including phenoxy) is 2. The Kier molecular flexibility index (Phi) is 2.32. The molecule has 0 spiro atoms. The highest BCUT2D eigenvalue weighted by Gasteiger charge is 2.46. The zero-order chi connectivity index (χ0) is 10.9. The molecule has 0 aliphatic heterocycles. The maximum Gasteiger partial charge on any atom is 0.127 e. The van der Waals surface area contributed by atoms with Crippen LogP contribution >= 0.6 is 0 Å². The highest BCUT2D eigenvalue weighted by atomic mass is 16.5. The van der Waals surface area contributed by atoms with Crippen LogP contribution < -0.4 is 9.47 Å². The van der Waals surface area contributed by atoms with Crippen molar-refractivity contribution in [3.63, 3.8) is 0 Å². The highest BCUT2D eigenvalue weighted by Crippen LogP contribution is 2.54. The van der Waals surface area contributed by atoms with Crippen molar-refractivity contribution in [2.75, 3.05) is 14.2 Å². The van der Waals surface area contributed by atoms with Crippen molar-refractivity contribution in [3.8, 4) is 23.8 Å². The van der Waals surface area contributed by atoms with E-state index in [4.69, 9.17) is 15.9 Å². The summed E-state index contributed by atoms with van der Waals surface area (Å²) in [6, 6.07) is 5.76. The van der Waals surface area contributed by atoms with Crippen molar-refractivity contribution in [1.82, 2.24) is 0 Å². The van der Waals surface area contributed by atoms with Crippen LogP contribution in [0.5, 0.6) is 11.5 Å². The molecule has 0 N–H and O–H groups in total. The predicted octanol–water partition coefficient (Wildman–Crippen LogP) is 2.37. The Labute approximate surface area is 90.2 Å². The zero-order valence-corrected chi connectivity index (χ0v) is 9.04. The molecular weight excluding hydrogens is 188 g/mol. The molecule has 0 saturated heterocycles. The van der Waals surface area contributed by atoms with E-state index in [1.54, 1.807) is 14.2 Å². The summed E-state index contributed by atoms with van der Waals surface area (Å²) in [5.41, 5.74) is 0.871. The van der Waals surface area contributed by atoms with Gasteiger partial charge in [-0.25, -0.2) is 0 Å². The third-order valence-electron chi connectivity index (χ3n) is 2.93. The van der Waals surface area contributed by atoms with Crippen molar-refractivity contribution >= 4 is 0 Å². The van der Waals surface area contributed by atoms with Gasteiger partial charge in [0.05, 0.1) is 25.2 Å². The molecule has 1 fully saturated rings. The fraction of sp³-hybridized carbons (Fsp3) is 0.385. The lowest BCUT2D eigenvalue weighted by molar-refractivity contribution is 0.382. The molecule has 0 atom stereocenters. The fourth-order valence-electron chi connectivity index (χ4n) is 1.91. The van der Waals surface area contributed by atoms with Crippen molar-refractivity contribution in [3.05, 3.63) is 23.8 Å². The minimum Gasteiger partial charge on any atom is -0.496 e. The van der Waals surface area contributed by atoms with Gasteiger partial charge in [0, 0.05) is 0 Å². The van der Waals surface area contributed by atoms with E-state index in [1.807, 2.05) is 18.2 Å². The van der Waals surface area contributed by atoms with Crippen LogP contribution in [0.1, 0.15) is 18.4 Å². The van der Waals surface area contributed by atoms with E-state index in [2.05, 4.69) is 5.92 Å². The first-order chi connectivity index (χ1) is 7.27. The molecule has 0 heterocycles. The number of terminal acetylenes is 1. The van der Waals surface area contributed by atoms with Gasteiger partial charge in [-0.3, -0.25) is 0 Å². The van der Waals surface area contributed by atoms with Gasteiger partial charge in [0.2, 0.25) is 0 Å². The van der Waals surface area contributed by atoms with Crippen molar-refractivity contribution in [1.29, 1.82) is 0 Å². The third kappa shape index (κ3) is 1.45. The largest absolute Gasteiger partial charge is 0.496 e. The fourth-order valence-corrected chi connectivity index (χ4v) is 1.91. The van der Waals surface area contributed by atoms with Crippen molar-refractivity contribution in [2.45, 2.75) is 18.3 Å². The second-order valence-corrected chi connectivity index (χ2v) is 3.76. The zero-order valence-electron chi connectivity index (χ0n) is 9.04. The SMILES string of the molecule is C#CC1(c2c(OC)cccc2OC)CC1. The van der Waals surface area contributed by atoms with Gasteiger partial charge in [0.1, 0.15) is 11.5 Å². The molecular formula is C13H14O2. The first kappa shape index (κ1) is 9.92. The number of methoxy groups -OCH3 is 2. The third-order valence-corrected chi connectivity index (χ3v) is 2.93. The molecule has 1 aliphatic rings. The number of rotatable bonds is 3. The Bertz CT molecular complexity index is 389. The Balaban J connectivity index is 2.57. The van der Waals surface area contributed by atoms with E-state index in [1.165, 1.54) is 0 Å². The molecule has 0 unspecified atom stereocenters. The number of benzene rings is 1. The van der Waals surface area contributed by atoms with E-state index in [0.717, 1.165) is 29.9 Å². The molecule has 0 amide bonds. The average molecular weight is 202 g/mol. The van der Waals surface area contributed by atoms with Crippen LogP contribution in [-0.4, -0.2) is 14.2 Å². The molecule has 0 bridgehead atoms. The standard InChI is InChI=1S/C13H14O2/c1-4-13(8-9-13)12-10(14-2)6-5-7-11(12)15-3/h1,5-7H,8-9H2,2-3H3. The molecule has 1 saturated carbocycles. The summed E-state index contributed by atoms with van der Waals surface area (Å²) in [5.74, 6) is 4.51. The topological polar surface area (TPSA) is 18.5 Å². The summed E-state index contributed by atoms with van der Waals surface area (Å²) in [6.07, 6.45) is 7.62. The van der Waals surface area contributed by atoms with E-state index in [0.29, 0.717) is 0 Å². The van der Waals surface area contributed by atoms with Gasteiger partial charge >= 0.3 is 0 Å². The summed E-state index contributed by atoms with van der Waals surface area (Å²) < 4.78 is 10.7. The van der Waals surface area contributed by atoms with Crippen LogP contribution in [0.25, 0.3) is 0 Å². The Hall–Kier alpha value is -1.62. The summed E-state index contributed by atoms with van der Waals surface area (Å²) >= 11 is 0. The maximum absolute atomic E-state index is 5.59. The first-order valence-electron chi connectivity index (χ1n) is 4.96. The predicted molar refractivity (Wildman–Crippen MR) is 59.3 cm³/mol. The van der Waals surface area contributed by atoms with Crippen LogP contribution in [0.2, 0.25) is 0 Å². The monoisotopic (exact) mass is 202 g/mol. The molecule has 2 heteroatoms. The van der Waals surface area contributed by atoms with Crippen molar-refractivity contribution in [2.24, 2.45) is 0 Å². The smallest absolute Gasteiger partial charge is 0.127 e. The minimum atomic E-state index is -0.155. The second-order valence-electron chi connectivity index (χ2n) is 3.76. The van der Waals surface area contributed by atoms with Crippen LogP contribution in [-0.2, 0) is 5.41 Å². The van der Waals surface area contributed by atoms with Gasteiger partial charge in [0.25, 0.3) is 0 Å². The van der Waals surface area contributed by atoms with Crippen LogP contribution in [0, 0.1) is 12.3 Å². The summed E-state index contributed by atoms with van der Waals surface area (Å²) in [4.78, 5) is 0. The minimum absolute atomic E-state index is 0.155. The number of hydrogen-bond acceptors (Lipinski definition) is 2. The van der Waals surface area contributed by atoms with Gasteiger partial charge in [-0.05, 0) is 25.0 Å². The Morgan fingerprint density at radius 3 is 2.07 bits per heavy atom. The Morgan fingerprint density at radius 2 is 1.73 bits per heavy atom. The molecule has 1 aromatic rings. The molecule has 78 valence electrons. The molecule has 0 radical (unpaired) electrons. The van der Waals surface area contributed by atoms with Gasteiger partial charge in [0.15, 0.2) is 0 Å². The molecule has 2 rings (SSSR count). The lowest BCUT2D eigenvalue weighted by Crippen LogP contribution is -2.07. The maximum atomic E-state index is 5.59. The average Bonchev–Trinajstić information content (AvgIpc) is 3.08. The second kappa shape index (κ2) is 3.51. The summed E-state index contributed by atoms with van der Waals surface area (Å²) in [6.45, 7) is 0. The highest BCUT2D eigenvalue weighted by molar-refractivity contribution is 5.56. The first-order valence-corrected chi connectivity index (χ1v) is 4.96. The van der Waals surface area contributed by atoms with E-state index in [9.17, 15) is 0 Å². The lowest BCUT2D eigenvalue weighted by Gasteiger charge is -2.17. The lowest BCUT2D eigenvalue weighted by atomic mass is 9.95. The van der Waals surface area contributed by atoms with E-state index >= 15 is 0 Å². The van der Waals surface area contributed by atoms with Crippen LogP contribution in [0.15, 0.2) is 18.2 Å². The number of hydrogen-bond donors (Lipinski definition) is 0. The summed E-state index contributed by atoms with van der Waals surface area (Å²) in [5, 5.41) is 0. The molecule has 0 aromatic heterocycles. The van der Waals surface area contributed by atoms with Gasteiger partial charge in [-0.15, -0.1) is 6.42 Å². The molecule has 15 heavy (non-hydrogen) atoms. The Morgan fingerprint density at radius 1 is 1.20 bits per heavy atom. The molecule has 1 aromatic carbocycles. The van der Waals surface area contributed by atoms with E-state index in [-0.39, 0.29) is 5.41 Å². The molecule has 1 aliphatic carbocycles. The van der Waals surface area contributed by atoms with Crippen LogP contribution in [0.3, 0.4) is 0 Å². The van der Waals surface area contributed by atoms with E-state index < -0.39 is 0 Å². The normalized spacial score (nSPS) is 16.6. The quantitative estimate of drug-likeness (QED) is 0.700. The van der Waals surface area contributed by atoms with Gasteiger partial charge < -0.3 is 9.47 Å². The van der Waals surface area contributed by atoms with Crippen molar-refractivity contribution < 1.29 is 9.47 Å². The molecule has 2 nitrogen and oxygen atoms in total. The van der Waals surface area contributed by atoms with Gasteiger partial charge in [-0.2, -0.15) is 0 Å². The van der Waals surface area contributed by atoms with Gasteiger partial charge in [-0.1, -0.05) is 12.0 Å².